The van der Waals surface area contributed by atoms with Crippen molar-refractivity contribution < 1.29 is 9.15 Å². The first-order chi connectivity index (χ1) is 10.1. The SMILES string of the molecule is CCCOc1ccc(C(NN)c2c(C)oc(C)c2C)cc1. The van der Waals surface area contributed by atoms with Gasteiger partial charge in [-0.2, -0.15) is 0 Å². The van der Waals surface area contributed by atoms with Crippen LogP contribution >= 0.6 is 0 Å². The van der Waals surface area contributed by atoms with Crippen molar-refractivity contribution in [1.29, 1.82) is 0 Å². The minimum atomic E-state index is -0.0809. The molecule has 1 heterocycles. The lowest BCUT2D eigenvalue weighted by atomic mass is 9.96. The largest absolute Gasteiger partial charge is 0.494 e. The normalized spacial score (nSPS) is 12.4. The number of nitrogens with one attached hydrogen (secondary N) is 1. The van der Waals surface area contributed by atoms with Crippen molar-refractivity contribution >= 4 is 0 Å². The summed E-state index contributed by atoms with van der Waals surface area (Å²) in [6, 6.07) is 7.95. The van der Waals surface area contributed by atoms with E-state index in [1.165, 1.54) is 0 Å². The summed E-state index contributed by atoms with van der Waals surface area (Å²) >= 11 is 0. The zero-order chi connectivity index (χ0) is 15.4. The predicted octanol–water partition coefficient (Wildman–Crippen LogP) is 3.55. The number of hydrogen-bond donors (Lipinski definition) is 2. The van der Waals surface area contributed by atoms with Crippen LogP contribution in [-0.4, -0.2) is 6.61 Å². The zero-order valence-corrected chi connectivity index (χ0v) is 13.2. The van der Waals surface area contributed by atoms with Gasteiger partial charge in [0.15, 0.2) is 0 Å². The lowest BCUT2D eigenvalue weighted by Crippen LogP contribution is -2.29. The second-order valence-electron chi connectivity index (χ2n) is 5.27. The Morgan fingerprint density at radius 2 is 1.81 bits per heavy atom. The van der Waals surface area contributed by atoms with Crippen molar-refractivity contribution in [3.8, 4) is 5.75 Å². The Bertz CT molecular complexity index is 588. The molecule has 0 aliphatic heterocycles. The van der Waals surface area contributed by atoms with E-state index in [1.54, 1.807) is 0 Å². The first-order valence-electron chi connectivity index (χ1n) is 7.33. The number of hydrogen-bond acceptors (Lipinski definition) is 4. The highest BCUT2D eigenvalue weighted by Crippen LogP contribution is 2.31. The number of ether oxygens (including phenoxy) is 1. The van der Waals surface area contributed by atoms with Crippen LogP contribution in [0.5, 0.6) is 5.75 Å². The molecular formula is C17H24N2O2. The van der Waals surface area contributed by atoms with Crippen LogP contribution in [0, 0.1) is 20.8 Å². The van der Waals surface area contributed by atoms with Gasteiger partial charge in [0.05, 0.1) is 12.6 Å². The molecule has 0 aliphatic carbocycles. The van der Waals surface area contributed by atoms with Gasteiger partial charge >= 0.3 is 0 Å². The monoisotopic (exact) mass is 288 g/mol. The molecule has 0 saturated carbocycles. The molecule has 0 saturated heterocycles. The van der Waals surface area contributed by atoms with E-state index >= 15 is 0 Å². The molecule has 3 N–H and O–H groups in total. The molecule has 2 rings (SSSR count). The third-order valence-corrected chi connectivity index (χ3v) is 3.76. The van der Waals surface area contributed by atoms with Gasteiger partial charge < -0.3 is 9.15 Å². The van der Waals surface area contributed by atoms with Crippen molar-refractivity contribution in [2.24, 2.45) is 5.84 Å². The molecule has 4 nitrogen and oxygen atoms in total. The van der Waals surface area contributed by atoms with E-state index in [0.717, 1.165) is 47.0 Å². The number of aryl methyl sites for hydroxylation is 2. The van der Waals surface area contributed by atoms with Crippen molar-refractivity contribution in [3.63, 3.8) is 0 Å². The van der Waals surface area contributed by atoms with Crippen molar-refractivity contribution in [2.45, 2.75) is 40.2 Å². The van der Waals surface area contributed by atoms with Crippen molar-refractivity contribution in [3.05, 3.63) is 52.5 Å². The molecule has 4 heteroatoms. The average molecular weight is 288 g/mol. The molecule has 0 aliphatic rings. The van der Waals surface area contributed by atoms with Crippen LogP contribution in [0.3, 0.4) is 0 Å². The van der Waals surface area contributed by atoms with Crippen LogP contribution < -0.4 is 16.0 Å². The third-order valence-electron chi connectivity index (χ3n) is 3.76. The number of benzene rings is 1. The topological polar surface area (TPSA) is 60.4 Å². The Labute approximate surface area is 126 Å². The second kappa shape index (κ2) is 6.78. The minimum Gasteiger partial charge on any atom is -0.494 e. The molecule has 21 heavy (non-hydrogen) atoms. The first kappa shape index (κ1) is 15.6. The number of furan rings is 1. The van der Waals surface area contributed by atoms with Crippen molar-refractivity contribution in [1.82, 2.24) is 5.43 Å². The third kappa shape index (κ3) is 3.28. The van der Waals surface area contributed by atoms with Gasteiger partial charge in [-0.05, 0) is 50.5 Å². The molecule has 0 spiro atoms. The molecule has 0 radical (unpaired) electrons. The Kier molecular flexibility index (Phi) is 5.04. The number of rotatable bonds is 6. The Morgan fingerprint density at radius 1 is 1.14 bits per heavy atom. The molecular weight excluding hydrogens is 264 g/mol. The van der Waals surface area contributed by atoms with E-state index in [-0.39, 0.29) is 6.04 Å². The standard InChI is InChI=1S/C17H24N2O2/c1-5-10-20-15-8-6-14(7-9-15)17(19-18)16-11(2)12(3)21-13(16)4/h6-9,17,19H,5,10,18H2,1-4H3. The summed E-state index contributed by atoms with van der Waals surface area (Å²) in [5, 5.41) is 0. The Hall–Kier alpha value is -1.78. The summed E-state index contributed by atoms with van der Waals surface area (Å²) in [5.41, 5.74) is 6.23. The highest BCUT2D eigenvalue weighted by Gasteiger charge is 2.21. The van der Waals surface area contributed by atoms with E-state index in [0.29, 0.717) is 0 Å². The predicted molar refractivity (Wildman–Crippen MR) is 84.3 cm³/mol. The van der Waals surface area contributed by atoms with E-state index in [9.17, 15) is 0 Å². The van der Waals surface area contributed by atoms with Gasteiger partial charge in [-0.25, -0.2) is 5.43 Å². The number of hydrazine groups is 1. The molecule has 1 atom stereocenters. The van der Waals surface area contributed by atoms with Gasteiger partial charge in [-0.15, -0.1) is 0 Å². The maximum Gasteiger partial charge on any atom is 0.119 e. The van der Waals surface area contributed by atoms with Gasteiger partial charge in [0.25, 0.3) is 0 Å². The van der Waals surface area contributed by atoms with Gasteiger partial charge in [-0.3, -0.25) is 5.84 Å². The summed E-state index contributed by atoms with van der Waals surface area (Å²) in [4.78, 5) is 0. The van der Waals surface area contributed by atoms with Crippen LogP contribution in [0.1, 0.15) is 47.6 Å². The van der Waals surface area contributed by atoms with Gasteiger partial charge in [0.1, 0.15) is 17.3 Å². The molecule has 0 bridgehead atoms. The lowest BCUT2D eigenvalue weighted by Gasteiger charge is -2.17. The molecule has 114 valence electrons. The molecule has 1 aromatic carbocycles. The molecule has 1 aromatic heterocycles. The quantitative estimate of drug-likeness (QED) is 0.630. The number of nitrogens with two attached hydrogens (primary N) is 1. The lowest BCUT2D eigenvalue weighted by molar-refractivity contribution is 0.317. The zero-order valence-electron chi connectivity index (χ0n) is 13.2. The average Bonchev–Trinajstić information content (AvgIpc) is 2.74. The van der Waals surface area contributed by atoms with E-state index in [4.69, 9.17) is 15.0 Å². The fourth-order valence-electron chi connectivity index (χ4n) is 2.56. The van der Waals surface area contributed by atoms with Gasteiger partial charge in [0.2, 0.25) is 0 Å². The van der Waals surface area contributed by atoms with Crippen LogP contribution in [-0.2, 0) is 0 Å². The van der Waals surface area contributed by atoms with Crippen LogP contribution in [0.15, 0.2) is 28.7 Å². The van der Waals surface area contributed by atoms with Crippen LogP contribution in [0.4, 0.5) is 0 Å². The van der Waals surface area contributed by atoms with E-state index in [2.05, 4.69) is 19.3 Å². The summed E-state index contributed by atoms with van der Waals surface area (Å²) in [6.45, 7) is 8.83. The van der Waals surface area contributed by atoms with E-state index < -0.39 is 0 Å². The molecule has 1 unspecified atom stereocenters. The van der Waals surface area contributed by atoms with Crippen LogP contribution in [0.2, 0.25) is 0 Å². The molecule has 0 fully saturated rings. The van der Waals surface area contributed by atoms with E-state index in [1.807, 2.05) is 38.1 Å². The van der Waals surface area contributed by atoms with Crippen molar-refractivity contribution in [2.75, 3.05) is 6.61 Å². The fourth-order valence-corrected chi connectivity index (χ4v) is 2.56. The summed E-state index contributed by atoms with van der Waals surface area (Å²) in [6.07, 6.45) is 1.00. The second-order valence-corrected chi connectivity index (χ2v) is 5.27. The maximum absolute atomic E-state index is 5.78. The molecule has 2 aromatic rings. The van der Waals surface area contributed by atoms with Crippen LogP contribution in [0.25, 0.3) is 0 Å². The van der Waals surface area contributed by atoms with Gasteiger partial charge in [-0.1, -0.05) is 19.1 Å². The first-order valence-corrected chi connectivity index (χ1v) is 7.33. The smallest absolute Gasteiger partial charge is 0.119 e. The maximum atomic E-state index is 5.78. The molecule has 0 amide bonds. The Balaban J connectivity index is 2.29. The highest BCUT2D eigenvalue weighted by atomic mass is 16.5. The summed E-state index contributed by atoms with van der Waals surface area (Å²) < 4.78 is 11.3. The fraction of sp³-hybridized carbons (Fsp3) is 0.412. The van der Waals surface area contributed by atoms with Gasteiger partial charge in [0, 0.05) is 5.56 Å². The summed E-state index contributed by atoms with van der Waals surface area (Å²) in [5.74, 6) is 8.50. The minimum absolute atomic E-state index is 0.0809. The Morgan fingerprint density at radius 3 is 2.29 bits per heavy atom. The highest BCUT2D eigenvalue weighted by molar-refractivity contribution is 5.41. The summed E-state index contributed by atoms with van der Waals surface area (Å²) in [7, 11) is 0.